The zero-order valence-electron chi connectivity index (χ0n) is 24.5. The largest absolute Gasteiger partial charge is 0.457 e. The molecule has 0 saturated heterocycles. The van der Waals surface area contributed by atoms with Crippen LogP contribution in [0.1, 0.15) is 16.7 Å². The first-order valence-corrected chi connectivity index (χ1v) is 14.8. The number of ether oxygens (including phenoxy) is 1. The molecule has 0 bridgehead atoms. The van der Waals surface area contributed by atoms with Gasteiger partial charge in [-0.15, -0.1) is 0 Å². The monoisotopic (exact) mass is 569 g/mol. The molecule has 0 unspecified atom stereocenters. The minimum atomic E-state index is 0.745. The smallest absolute Gasteiger partial charge is 0.147 e. The standard InChI is InChI=1S/C38H27N5O/c1-22-17-23(2)35(24(3)18-22)33-21-43-36-30(8-6-14-39-36)28-13-11-26(20-32(28)38(43)41-33)44-25-10-12-27-29-7-4-5-9-34(29)42-16-15-40-37(42)31(27)19-25/h4-21H,1-3H3. The van der Waals surface area contributed by atoms with Crippen molar-refractivity contribution in [2.75, 3.05) is 0 Å². The number of para-hydroxylation sites is 1. The van der Waals surface area contributed by atoms with Crippen molar-refractivity contribution in [3.63, 3.8) is 0 Å². The van der Waals surface area contributed by atoms with Crippen LogP contribution >= 0.6 is 0 Å². The number of benzene rings is 4. The zero-order chi connectivity index (χ0) is 29.5. The number of nitrogens with zero attached hydrogens (tertiary/aromatic N) is 5. The molecule has 0 aliphatic heterocycles. The quantitative estimate of drug-likeness (QED) is 0.199. The molecule has 0 aliphatic rings. The third kappa shape index (κ3) is 3.57. The van der Waals surface area contributed by atoms with Crippen LogP contribution in [0.4, 0.5) is 0 Å². The highest BCUT2D eigenvalue weighted by Gasteiger charge is 2.17. The van der Waals surface area contributed by atoms with E-state index < -0.39 is 0 Å². The zero-order valence-corrected chi connectivity index (χ0v) is 24.5. The number of rotatable bonds is 3. The van der Waals surface area contributed by atoms with E-state index in [-0.39, 0.29) is 0 Å². The SMILES string of the molecule is Cc1cc(C)c(-c2cn3c4ncccc4c4ccc(Oc5ccc6c7ccccc7n7ccnc7c6c5)cc4c3n2)c(C)c1. The third-order valence-electron chi connectivity index (χ3n) is 8.74. The topological polar surface area (TPSA) is 56.7 Å². The van der Waals surface area contributed by atoms with Crippen LogP contribution in [0.25, 0.3) is 66.0 Å². The van der Waals surface area contributed by atoms with E-state index in [1.807, 2.05) is 36.8 Å². The maximum atomic E-state index is 6.55. The number of hydrogen-bond acceptors (Lipinski definition) is 4. The maximum absolute atomic E-state index is 6.55. The number of fused-ring (bicyclic) bond motifs is 12. The molecular formula is C38H27N5O. The number of imidazole rings is 2. The lowest BCUT2D eigenvalue weighted by atomic mass is 9.98. The molecule has 0 aliphatic carbocycles. The van der Waals surface area contributed by atoms with Crippen molar-refractivity contribution in [1.82, 2.24) is 23.8 Å². The molecule has 0 amide bonds. The van der Waals surface area contributed by atoms with Gasteiger partial charge in [0.2, 0.25) is 0 Å². The van der Waals surface area contributed by atoms with Crippen molar-refractivity contribution in [3.05, 3.63) is 126 Å². The van der Waals surface area contributed by atoms with Crippen molar-refractivity contribution in [3.8, 4) is 22.8 Å². The van der Waals surface area contributed by atoms with Gasteiger partial charge in [-0.05, 0) is 97.3 Å². The first-order valence-electron chi connectivity index (χ1n) is 14.8. The second kappa shape index (κ2) is 9.12. The number of aryl methyl sites for hydroxylation is 3. The molecule has 9 rings (SSSR count). The molecule has 5 aromatic heterocycles. The average molecular weight is 570 g/mol. The number of aromatic nitrogens is 5. The van der Waals surface area contributed by atoms with Gasteiger partial charge >= 0.3 is 0 Å². The highest BCUT2D eigenvalue weighted by atomic mass is 16.5. The molecule has 0 N–H and O–H groups in total. The Morgan fingerprint density at radius 1 is 0.568 bits per heavy atom. The molecule has 6 nitrogen and oxygen atoms in total. The molecule has 0 atom stereocenters. The van der Waals surface area contributed by atoms with E-state index in [4.69, 9.17) is 14.7 Å². The lowest BCUT2D eigenvalue weighted by Gasteiger charge is -2.12. The van der Waals surface area contributed by atoms with E-state index in [0.29, 0.717) is 0 Å². The van der Waals surface area contributed by atoms with Crippen molar-refractivity contribution >= 4 is 54.8 Å². The molecule has 210 valence electrons. The Hall–Kier alpha value is -5.75. The summed E-state index contributed by atoms with van der Waals surface area (Å²) in [5, 5.41) is 6.56. The van der Waals surface area contributed by atoms with Gasteiger partial charge in [-0.25, -0.2) is 15.0 Å². The Bertz CT molecular complexity index is 2600. The third-order valence-corrected chi connectivity index (χ3v) is 8.74. The summed E-state index contributed by atoms with van der Waals surface area (Å²) in [7, 11) is 0. The first kappa shape index (κ1) is 24.8. The van der Waals surface area contributed by atoms with Crippen molar-refractivity contribution in [2.24, 2.45) is 0 Å². The Morgan fingerprint density at radius 2 is 1.23 bits per heavy atom. The summed E-state index contributed by atoms with van der Waals surface area (Å²) in [5.74, 6) is 1.50. The van der Waals surface area contributed by atoms with Crippen molar-refractivity contribution < 1.29 is 4.74 Å². The van der Waals surface area contributed by atoms with E-state index in [1.165, 1.54) is 22.1 Å². The summed E-state index contributed by atoms with van der Waals surface area (Å²) < 4.78 is 10.8. The minimum Gasteiger partial charge on any atom is -0.457 e. The molecule has 0 radical (unpaired) electrons. The fourth-order valence-electron chi connectivity index (χ4n) is 6.99. The van der Waals surface area contributed by atoms with Crippen LogP contribution in [-0.2, 0) is 0 Å². The van der Waals surface area contributed by atoms with E-state index in [1.54, 1.807) is 0 Å². The summed E-state index contributed by atoms with van der Waals surface area (Å²) in [4.78, 5) is 14.7. The highest BCUT2D eigenvalue weighted by molar-refractivity contribution is 6.13. The Balaban J connectivity index is 1.23. The summed E-state index contributed by atoms with van der Waals surface area (Å²) in [5.41, 5.74) is 9.58. The lowest BCUT2D eigenvalue weighted by molar-refractivity contribution is 0.484. The molecule has 0 saturated carbocycles. The van der Waals surface area contributed by atoms with Crippen LogP contribution in [0.2, 0.25) is 0 Å². The minimum absolute atomic E-state index is 0.745. The molecule has 9 aromatic rings. The van der Waals surface area contributed by atoms with Gasteiger partial charge in [0.25, 0.3) is 0 Å². The second-order valence-corrected chi connectivity index (χ2v) is 11.6. The van der Waals surface area contributed by atoms with Gasteiger partial charge in [0, 0.05) is 51.9 Å². The molecular weight excluding hydrogens is 542 g/mol. The fraction of sp³-hybridized carbons (Fsp3) is 0.0789. The summed E-state index contributed by atoms with van der Waals surface area (Å²) in [6.07, 6.45) is 7.82. The van der Waals surface area contributed by atoms with Crippen molar-refractivity contribution in [2.45, 2.75) is 20.8 Å². The number of hydrogen-bond donors (Lipinski definition) is 0. The average Bonchev–Trinajstić information content (AvgIpc) is 3.70. The van der Waals surface area contributed by atoms with Gasteiger partial charge in [0.15, 0.2) is 0 Å². The lowest BCUT2D eigenvalue weighted by Crippen LogP contribution is -1.94. The molecule has 5 heterocycles. The summed E-state index contributed by atoms with van der Waals surface area (Å²) >= 11 is 0. The van der Waals surface area contributed by atoms with E-state index in [0.717, 1.165) is 72.1 Å². The van der Waals surface area contributed by atoms with Crippen LogP contribution in [0.15, 0.2) is 110 Å². The normalized spacial score (nSPS) is 12.0. The summed E-state index contributed by atoms with van der Waals surface area (Å²) in [6.45, 7) is 6.45. The molecule has 6 heteroatoms. The predicted molar refractivity (Wildman–Crippen MR) is 178 cm³/mol. The molecule has 0 spiro atoms. The van der Waals surface area contributed by atoms with Crippen LogP contribution in [0.3, 0.4) is 0 Å². The van der Waals surface area contributed by atoms with Crippen LogP contribution < -0.4 is 4.74 Å². The van der Waals surface area contributed by atoms with Gasteiger partial charge in [-0.2, -0.15) is 0 Å². The van der Waals surface area contributed by atoms with Gasteiger partial charge < -0.3 is 4.74 Å². The Labute approximate surface area is 252 Å². The van der Waals surface area contributed by atoms with Crippen LogP contribution in [0, 0.1) is 20.8 Å². The second-order valence-electron chi connectivity index (χ2n) is 11.6. The van der Waals surface area contributed by atoms with Gasteiger partial charge in [0.1, 0.15) is 28.4 Å². The van der Waals surface area contributed by atoms with Crippen LogP contribution in [0.5, 0.6) is 11.5 Å². The predicted octanol–water partition coefficient (Wildman–Crippen LogP) is 9.37. The summed E-state index contributed by atoms with van der Waals surface area (Å²) in [6, 6.07) is 29.5. The van der Waals surface area contributed by atoms with Gasteiger partial charge in [-0.3, -0.25) is 8.80 Å². The molecule has 4 aromatic carbocycles. The number of pyridine rings is 3. The van der Waals surface area contributed by atoms with Gasteiger partial charge in [0.05, 0.1) is 11.2 Å². The highest BCUT2D eigenvalue weighted by Crippen LogP contribution is 2.37. The van der Waals surface area contributed by atoms with Crippen LogP contribution in [-0.4, -0.2) is 23.8 Å². The first-order chi connectivity index (χ1) is 21.5. The Morgan fingerprint density at radius 3 is 2.02 bits per heavy atom. The fourth-order valence-corrected chi connectivity index (χ4v) is 6.99. The van der Waals surface area contributed by atoms with E-state index in [9.17, 15) is 0 Å². The molecule has 0 fully saturated rings. The van der Waals surface area contributed by atoms with Gasteiger partial charge in [-0.1, -0.05) is 35.9 Å². The van der Waals surface area contributed by atoms with E-state index >= 15 is 0 Å². The molecule has 44 heavy (non-hydrogen) atoms. The van der Waals surface area contributed by atoms with Crippen molar-refractivity contribution in [1.29, 1.82) is 0 Å². The Kier molecular flexibility index (Phi) is 5.14. The van der Waals surface area contributed by atoms with E-state index in [2.05, 4.69) is 107 Å². The maximum Gasteiger partial charge on any atom is 0.147 e.